The van der Waals surface area contributed by atoms with Crippen LogP contribution in [0.15, 0.2) is 53.0 Å². The molecule has 1 aliphatic carbocycles. The van der Waals surface area contributed by atoms with Crippen molar-refractivity contribution in [1.82, 2.24) is 0 Å². The van der Waals surface area contributed by atoms with Crippen LogP contribution >= 0.6 is 15.9 Å². The van der Waals surface area contributed by atoms with Crippen LogP contribution in [0.5, 0.6) is 0 Å². The molecule has 17 heavy (non-hydrogen) atoms. The molecule has 0 fully saturated rings. The topological polar surface area (TPSA) is 12.0 Å². The van der Waals surface area contributed by atoms with Gasteiger partial charge in [0.2, 0.25) is 0 Å². The van der Waals surface area contributed by atoms with Crippen LogP contribution in [0, 0.1) is 0 Å². The zero-order valence-corrected chi connectivity index (χ0v) is 11.1. The van der Waals surface area contributed by atoms with Gasteiger partial charge in [-0.2, -0.15) is 0 Å². The second kappa shape index (κ2) is 4.53. The molecule has 0 heterocycles. The summed E-state index contributed by atoms with van der Waals surface area (Å²) in [5, 5.41) is 3.49. The van der Waals surface area contributed by atoms with E-state index in [1.165, 1.54) is 23.2 Å². The Morgan fingerprint density at radius 3 is 2.59 bits per heavy atom. The van der Waals surface area contributed by atoms with Crippen molar-refractivity contribution in [2.45, 2.75) is 12.3 Å². The molecule has 2 aromatic rings. The minimum Gasteiger partial charge on any atom is -0.384 e. The van der Waals surface area contributed by atoms with Gasteiger partial charge in [-0.15, -0.1) is 0 Å². The highest BCUT2D eigenvalue weighted by Gasteiger charge is 2.24. The van der Waals surface area contributed by atoms with E-state index in [9.17, 15) is 0 Å². The third kappa shape index (κ3) is 2.22. The van der Waals surface area contributed by atoms with E-state index >= 15 is 0 Å². The third-order valence-corrected chi connectivity index (χ3v) is 3.89. The van der Waals surface area contributed by atoms with E-state index in [1.807, 2.05) is 0 Å². The van der Waals surface area contributed by atoms with E-state index in [-0.39, 0.29) is 0 Å². The summed E-state index contributed by atoms with van der Waals surface area (Å²) in [7, 11) is 0. The SMILES string of the molecule is Brc1ccc(NCC2Cc3ccccc32)cc1. The van der Waals surface area contributed by atoms with Crippen LogP contribution in [-0.2, 0) is 6.42 Å². The molecular weight excluding hydrogens is 274 g/mol. The predicted molar refractivity (Wildman–Crippen MR) is 75.5 cm³/mol. The van der Waals surface area contributed by atoms with E-state index in [2.05, 4.69) is 69.8 Å². The fourth-order valence-electron chi connectivity index (χ4n) is 2.35. The summed E-state index contributed by atoms with van der Waals surface area (Å²) in [5.74, 6) is 0.676. The molecule has 0 saturated heterocycles. The maximum Gasteiger partial charge on any atom is 0.0341 e. The van der Waals surface area contributed by atoms with E-state index in [1.54, 1.807) is 0 Å². The monoisotopic (exact) mass is 287 g/mol. The highest BCUT2D eigenvalue weighted by molar-refractivity contribution is 9.10. The number of fused-ring (bicyclic) bond motifs is 1. The van der Waals surface area contributed by atoms with Gasteiger partial charge in [0.05, 0.1) is 0 Å². The number of anilines is 1. The smallest absolute Gasteiger partial charge is 0.0341 e. The average molecular weight is 288 g/mol. The first-order valence-electron chi connectivity index (χ1n) is 5.90. The van der Waals surface area contributed by atoms with Crippen molar-refractivity contribution in [2.24, 2.45) is 0 Å². The van der Waals surface area contributed by atoms with Gasteiger partial charge in [0.25, 0.3) is 0 Å². The van der Waals surface area contributed by atoms with Gasteiger partial charge in [0.1, 0.15) is 0 Å². The number of benzene rings is 2. The van der Waals surface area contributed by atoms with Crippen LogP contribution in [-0.4, -0.2) is 6.54 Å². The van der Waals surface area contributed by atoms with Crippen molar-refractivity contribution < 1.29 is 0 Å². The molecule has 0 spiro atoms. The second-order valence-corrected chi connectivity index (χ2v) is 5.40. The normalized spacial score (nSPS) is 17.1. The van der Waals surface area contributed by atoms with Crippen LogP contribution in [0.4, 0.5) is 5.69 Å². The minimum absolute atomic E-state index is 0.676. The molecule has 1 atom stereocenters. The fourth-order valence-corrected chi connectivity index (χ4v) is 2.62. The van der Waals surface area contributed by atoms with E-state index in [0.29, 0.717) is 5.92 Å². The van der Waals surface area contributed by atoms with Crippen molar-refractivity contribution in [3.05, 3.63) is 64.1 Å². The van der Waals surface area contributed by atoms with Gasteiger partial charge in [0, 0.05) is 22.6 Å². The Morgan fingerprint density at radius 2 is 1.82 bits per heavy atom. The zero-order chi connectivity index (χ0) is 11.7. The highest BCUT2D eigenvalue weighted by atomic mass is 79.9. The summed E-state index contributed by atoms with van der Waals surface area (Å²) < 4.78 is 1.12. The van der Waals surface area contributed by atoms with Crippen molar-refractivity contribution in [3.63, 3.8) is 0 Å². The summed E-state index contributed by atoms with van der Waals surface area (Å²) in [6.07, 6.45) is 1.21. The number of hydrogen-bond donors (Lipinski definition) is 1. The zero-order valence-electron chi connectivity index (χ0n) is 9.49. The minimum atomic E-state index is 0.676. The molecule has 0 bridgehead atoms. The largest absolute Gasteiger partial charge is 0.384 e. The molecule has 3 rings (SSSR count). The van der Waals surface area contributed by atoms with Gasteiger partial charge < -0.3 is 5.32 Å². The van der Waals surface area contributed by atoms with Gasteiger partial charge in [-0.1, -0.05) is 40.2 Å². The molecule has 0 amide bonds. The Hall–Kier alpha value is -1.28. The number of halogens is 1. The Balaban J connectivity index is 1.62. The van der Waals surface area contributed by atoms with Gasteiger partial charge in [-0.25, -0.2) is 0 Å². The molecule has 86 valence electrons. The maximum absolute atomic E-state index is 3.49. The van der Waals surface area contributed by atoms with Crippen molar-refractivity contribution >= 4 is 21.6 Å². The molecule has 2 aromatic carbocycles. The first-order chi connectivity index (χ1) is 8.33. The number of nitrogens with one attached hydrogen (secondary N) is 1. The Labute approximate surface area is 110 Å². The van der Waals surface area contributed by atoms with Gasteiger partial charge in [-0.3, -0.25) is 0 Å². The Morgan fingerprint density at radius 1 is 1.06 bits per heavy atom. The van der Waals surface area contributed by atoms with Gasteiger partial charge >= 0.3 is 0 Å². The quantitative estimate of drug-likeness (QED) is 0.892. The lowest BCUT2D eigenvalue weighted by atomic mass is 9.77. The van der Waals surface area contributed by atoms with Crippen LogP contribution in [0.25, 0.3) is 0 Å². The lowest BCUT2D eigenvalue weighted by Gasteiger charge is -2.30. The molecule has 0 aliphatic heterocycles. The summed E-state index contributed by atoms with van der Waals surface area (Å²) >= 11 is 3.44. The van der Waals surface area contributed by atoms with Crippen LogP contribution in [0.2, 0.25) is 0 Å². The Kier molecular flexibility index (Phi) is 2.89. The van der Waals surface area contributed by atoms with Gasteiger partial charge in [-0.05, 0) is 41.8 Å². The van der Waals surface area contributed by atoms with Crippen molar-refractivity contribution in [2.75, 3.05) is 11.9 Å². The molecule has 1 aliphatic rings. The van der Waals surface area contributed by atoms with Crippen LogP contribution in [0.1, 0.15) is 17.0 Å². The van der Waals surface area contributed by atoms with Crippen molar-refractivity contribution in [1.29, 1.82) is 0 Å². The van der Waals surface area contributed by atoms with Crippen LogP contribution in [0.3, 0.4) is 0 Å². The molecular formula is C15H14BrN. The first-order valence-corrected chi connectivity index (χ1v) is 6.69. The number of rotatable bonds is 3. The highest BCUT2D eigenvalue weighted by Crippen LogP contribution is 2.34. The molecule has 0 aromatic heterocycles. The summed E-state index contributed by atoms with van der Waals surface area (Å²) in [4.78, 5) is 0. The average Bonchev–Trinajstić information content (AvgIpc) is 2.33. The Bertz CT molecular complexity index is 519. The van der Waals surface area contributed by atoms with Gasteiger partial charge in [0.15, 0.2) is 0 Å². The fraction of sp³-hybridized carbons (Fsp3) is 0.200. The molecule has 1 unspecified atom stereocenters. The number of hydrogen-bond acceptors (Lipinski definition) is 1. The first kappa shape index (κ1) is 10.8. The summed E-state index contributed by atoms with van der Waals surface area (Å²) in [6.45, 7) is 1.03. The lowest BCUT2D eigenvalue weighted by molar-refractivity contribution is 0.636. The molecule has 0 radical (unpaired) electrons. The standard InChI is InChI=1S/C15H14BrN/c16-13-5-7-14(8-6-13)17-10-12-9-11-3-1-2-4-15(11)12/h1-8,12,17H,9-10H2. The maximum atomic E-state index is 3.49. The molecule has 2 heteroatoms. The van der Waals surface area contributed by atoms with E-state index < -0.39 is 0 Å². The van der Waals surface area contributed by atoms with Crippen LogP contribution < -0.4 is 5.32 Å². The summed E-state index contributed by atoms with van der Waals surface area (Å²) in [6, 6.07) is 17.1. The predicted octanol–water partition coefficient (Wildman–Crippen LogP) is 4.20. The second-order valence-electron chi connectivity index (χ2n) is 4.49. The van der Waals surface area contributed by atoms with E-state index in [0.717, 1.165) is 11.0 Å². The van der Waals surface area contributed by atoms with E-state index in [4.69, 9.17) is 0 Å². The molecule has 1 nitrogen and oxygen atoms in total. The molecule has 0 saturated carbocycles. The lowest BCUT2D eigenvalue weighted by Crippen LogP contribution is -2.24. The van der Waals surface area contributed by atoms with Crippen molar-refractivity contribution in [3.8, 4) is 0 Å². The molecule has 1 N–H and O–H groups in total. The summed E-state index contributed by atoms with van der Waals surface area (Å²) in [5.41, 5.74) is 4.21. The third-order valence-electron chi connectivity index (χ3n) is 3.36.